The second-order valence-electron chi connectivity index (χ2n) is 4.06. The Kier molecular flexibility index (Phi) is 6.23. The Labute approximate surface area is 104 Å². The van der Waals surface area contributed by atoms with Crippen LogP contribution in [-0.2, 0) is 0 Å². The highest BCUT2D eigenvalue weighted by Crippen LogP contribution is 2.19. The van der Waals surface area contributed by atoms with Crippen molar-refractivity contribution in [2.24, 2.45) is 0 Å². The molecular formula is C15H22O2. The van der Waals surface area contributed by atoms with E-state index in [2.05, 4.69) is 13.5 Å². The van der Waals surface area contributed by atoms with Gasteiger partial charge in [-0.15, -0.1) is 0 Å². The summed E-state index contributed by atoms with van der Waals surface area (Å²) in [7, 11) is 1.66. The standard InChI is InChI=1S/C15H22O2/c1-4-6-7-8-13(5-2)17-15-11-9-14(16-3)10-12-15/h5,9-13H,2,4,6-8H2,1,3H3/t13-/m0/s1. The van der Waals surface area contributed by atoms with Gasteiger partial charge in [0.1, 0.15) is 17.6 Å². The predicted molar refractivity (Wildman–Crippen MR) is 71.7 cm³/mol. The third-order valence-corrected chi connectivity index (χ3v) is 2.70. The minimum Gasteiger partial charge on any atom is -0.497 e. The molecule has 1 aromatic carbocycles. The number of ether oxygens (including phenoxy) is 2. The van der Waals surface area contributed by atoms with Crippen LogP contribution in [-0.4, -0.2) is 13.2 Å². The molecule has 0 saturated heterocycles. The number of rotatable bonds is 8. The molecule has 1 atom stereocenters. The molecule has 0 heterocycles. The van der Waals surface area contributed by atoms with E-state index in [1.807, 2.05) is 30.3 Å². The van der Waals surface area contributed by atoms with E-state index < -0.39 is 0 Å². The molecule has 0 radical (unpaired) electrons. The Hall–Kier alpha value is -1.44. The molecule has 0 aliphatic rings. The minimum absolute atomic E-state index is 0.106. The molecule has 0 aliphatic carbocycles. The second kappa shape index (κ2) is 7.77. The maximum absolute atomic E-state index is 5.84. The van der Waals surface area contributed by atoms with Gasteiger partial charge in [0.2, 0.25) is 0 Å². The number of methoxy groups -OCH3 is 1. The van der Waals surface area contributed by atoms with Crippen LogP contribution in [0.3, 0.4) is 0 Å². The van der Waals surface area contributed by atoms with E-state index in [-0.39, 0.29) is 6.10 Å². The maximum atomic E-state index is 5.84. The first-order valence-corrected chi connectivity index (χ1v) is 6.23. The SMILES string of the molecule is C=C[C@@H](CCCCC)Oc1ccc(OC)cc1. The molecule has 0 aromatic heterocycles. The quantitative estimate of drug-likeness (QED) is 0.495. The van der Waals surface area contributed by atoms with Gasteiger partial charge in [0.15, 0.2) is 0 Å². The van der Waals surface area contributed by atoms with Crippen molar-refractivity contribution >= 4 is 0 Å². The monoisotopic (exact) mass is 234 g/mol. The second-order valence-corrected chi connectivity index (χ2v) is 4.06. The Morgan fingerprint density at radius 1 is 1.18 bits per heavy atom. The molecule has 0 bridgehead atoms. The summed E-state index contributed by atoms with van der Waals surface area (Å²) in [6.07, 6.45) is 6.67. The van der Waals surface area contributed by atoms with Crippen molar-refractivity contribution in [3.63, 3.8) is 0 Å². The molecule has 2 heteroatoms. The van der Waals surface area contributed by atoms with Crippen LogP contribution in [0.1, 0.15) is 32.6 Å². The molecule has 0 amide bonds. The summed E-state index contributed by atoms with van der Waals surface area (Å²) in [5.74, 6) is 1.71. The zero-order chi connectivity index (χ0) is 12.5. The molecule has 0 unspecified atom stereocenters. The van der Waals surface area contributed by atoms with Gasteiger partial charge in [0.25, 0.3) is 0 Å². The van der Waals surface area contributed by atoms with Gasteiger partial charge in [-0.1, -0.05) is 32.4 Å². The lowest BCUT2D eigenvalue weighted by Crippen LogP contribution is -2.12. The van der Waals surface area contributed by atoms with Crippen molar-refractivity contribution in [2.45, 2.75) is 38.7 Å². The fourth-order valence-corrected chi connectivity index (χ4v) is 1.65. The molecule has 2 nitrogen and oxygen atoms in total. The highest BCUT2D eigenvalue weighted by molar-refractivity contribution is 5.31. The van der Waals surface area contributed by atoms with E-state index >= 15 is 0 Å². The molecular weight excluding hydrogens is 212 g/mol. The topological polar surface area (TPSA) is 18.5 Å². The van der Waals surface area contributed by atoms with Gasteiger partial charge in [0.05, 0.1) is 7.11 Å². The van der Waals surface area contributed by atoms with Crippen LogP contribution < -0.4 is 9.47 Å². The van der Waals surface area contributed by atoms with Crippen LogP contribution in [0, 0.1) is 0 Å². The third kappa shape index (κ3) is 4.94. The molecule has 1 rings (SSSR count). The lowest BCUT2D eigenvalue weighted by molar-refractivity contribution is 0.234. The highest BCUT2D eigenvalue weighted by Gasteiger charge is 2.05. The van der Waals surface area contributed by atoms with Gasteiger partial charge in [-0.25, -0.2) is 0 Å². The summed E-state index contributed by atoms with van der Waals surface area (Å²) in [5, 5.41) is 0. The molecule has 0 N–H and O–H groups in total. The molecule has 1 aromatic rings. The average Bonchev–Trinajstić information content (AvgIpc) is 2.38. The van der Waals surface area contributed by atoms with E-state index in [9.17, 15) is 0 Å². The summed E-state index contributed by atoms with van der Waals surface area (Å²) in [6, 6.07) is 7.66. The first kappa shape index (κ1) is 13.6. The Balaban J connectivity index is 2.45. The Bertz CT molecular complexity index is 316. The van der Waals surface area contributed by atoms with Gasteiger partial charge in [-0.2, -0.15) is 0 Å². The van der Waals surface area contributed by atoms with Crippen molar-refractivity contribution in [2.75, 3.05) is 7.11 Å². The van der Waals surface area contributed by atoms with Gasteiger partial charge < -0.3 is 9.47 Å². The number of benzene rings is 1. The largest absolute Gasteiger partial charge is 0.497 e. The smallest absolute Gasteiger partial charge is 0.120 e. The number of hydrogen-bond donors (Lipinski definition) is 0. The number of unbranched alkanes of at least 4 members (excludes halogenated alkanes) is 2. The summed E-state index contributed by atoms with van der Waals surface area (Å²) in [6.45, 7) is 6.02. The van der Waals surface area contributed by atoms with Gasteiger partial charge in [0, 0.05) is 0 Å². The molecule has 94 valence electrons. The molecule has 17 heavy (non-hydrogen) atoms. The zero-order valence-electron chi connectivity index (χ0n) is 10.8. The van der Waals surface area contributed by atoms with Crippen molar-refractivity contribution in [3.05, 3.63) is 36.9 Å². The van der Waals surface area contributed by atoms with Crippen molar-refractivity contribution in [1.29, 1.82) is 0 Å². The van der Waals surface area contributed by atoms with Crippen molar-refractivity contribution in [3.8, 4) is 11.5 Å². The predicted octanol–water partition coefficient (Wildman–Crippen LogP) is 4.21. The normalized spacial score (nSPS) is 11.9. The van der Waals surface area contributed by atoms with E-state index in [4.69, 9.17) is 9.47 Å². The van der Waals surface area contributed by atoms with Gasteiger partial charge >= 0.3 is 0 Å². The molecule has 0 fully saturated rings. The van der Waals surface area contributed by atoms with Crippen LogP contribution in [0.2, 0.25) is 0 Å². The Morgan fingerprint density at radius 3 is 2.35 bits per heavy atom. The van der Waals surface area contributed by atoms with Gasteiger partial charge in [-0.3, -0.25) is 0 Å². The van der Waals surface area contributed by atoms with Crippen molar-refractivity contribution < 1.29 is 9.47 Å². The van der Waals surface area contributed by atoms with E-state index in [1.165, 1.54) is 19.3 Å². The summed E-state index contributed by atoms with van der Waals surface area (Å²) in [5.41, 5.74) is 0. The van der Waals surface area contributed by atoms with Gasteiger partial charge in [-0.05, 0) is 37.1 Å². The molecule has 0 spiro atoms. The van der Waals surface area contributed by atoms with Crippen molar-refractivity contribution in [1.82, 2.24) is 0 Å². The van der Waals surface area contributed by atoms with Crippen LogP contribution in [0.5, 0.6) is 11.5 Å². The minimum atomic E-state index is 0.106. The first-order valence-electron chi connectivity index (χ1n) is 6.23. The zero-order valence-corrected chi connectivity index (χ0v) is 10.8. The number of hydrogen-bond acceptors (Lipinski definition) is 2. The maximum Gasteiger partial charge on any atom is 0.120 e. The van der Waals surface area contributed by atoms with E-state index in [0.29, 0.717) is 0 Å². The van der Waals surface area contributed by atoms with Crippen LogP contribution in [0.15, 0.2) is 36.9 Å². The summed E-state index contributed by atoms with van der Waals surface area (Å²) >= 11 is 0. The first-order chi connectivity index (χ1) is 8.30. The van der Waals surface area contributed by atoms with E-state index in [1.54, 1.807) is 7.11 Å². The highest BCUT2D eigenvalue weighted by atomic mass is 16.5. The fraction of sp³-hybridized carbons (Fsp3) is 0.467. The molecule has 0 aliphatic heterocycles. The Morgan fingerprint density at radius 2 is 1.82 bits per heavy atom. The van der Waals surface area contributed by atoms with Crippen LogP contribution in [0.25, 0.3) is 0 Å². The summed E-state index contributed by atoms with van der Waals surface area (Å²) < 4.78 is 10.9. The lowest BCUT2D eigenvalue weighted by Gasteiger charge is -2.15. The fourth-order valence-electron chi connectivity index (χ4n) is 1.65. The third-order valence-electron chi connectivity index (χ3n) is 2.70. The molecule has 0 saturated carbocycles. The van der Waals surface area contributed by atoms with Crippen LogP contribution in [0.4, 0.5) is 0 Å². The van der Waals surface area contributed by atoms with Crippen LogP contribution >= 0.6 is 0 Å². The van der Waals surface area contributed by atoms with E-state index in [0.717, 1.165) is 17.9 Å². The summed E-state index contributed by atoms with van der Waals surface area (Å²) in [4.78, 5) is 0. The average molecular weight is 234 g/mol. The lowest BCUT2D eigenvalue weighted by atomic mass is 10.1.